The van der Waals surface area contributed by atoms with Crippen LogP contribution in [0.25, 0.3) is 0 Å². The summed E-state index contributed by atoms with van der Waals surface area (Å²) in [5, 5.41) is 3.17. The van der Waals surface area contributed by atoms with Gasteiger partial charge in [0.25, 0.3) is 10.0 Å². The number of aromatic nitrogens is 2. The fraction of sp³-hybridized carbons (Fsp3) is 0.565. The van der Waals surface area contributed by atoms with Crippen LogP contribution in [0.3, 0.4) is 0 Å². The molecule has 186 valence electrons. The first-order valence-electron chi connectivity index (χ1n) is 11.6. The molecule has 1 aromatic heterocycles. The van der Waals surface area contributed by atoms with Gasteiger partial charge in [-0.25, -0.2) is 22.2 Å². The molecule has 2 aliphatic rings. The number of carbonyl (C=O) groups is 1. The second-order valence-corrected chi connectivity index (χ2v) is 11.1. The predicted molar refractivity (Wildman–Crippen MR) is 122 cm³/mol. The Kier molecular flexibility index (Phi) is 7.34. The average molecular weight is 496 g/mol. The van der Waals surface area contributed by atoms with Gasteiger partial charge in [0.2, 0.25) is 5.91 Å². The zero-order valence-electron chi connectivity index (χ0n) is 19.5. The second kappa shape index (κ2) is 10.1. The van der Waals surface area contributed by atoms with E-state index in [2.05, 4.69) is 15.2 Å². The molecular formula is C23H31F2N5O3S. The Balaban J connectivity index is 1.23. The number of carbonyl (C=O) groups excluding carboxylic acids is 1. The summed E-state index contributed by atoms with van der Waals surface area (Å²) in [6.45, 7) is 4.39. The van der Waals surface area contributed by atoms with Crippen LogP contribution in [-0.4, -0.2) is 65.3 Å². The third kappa shape index (κ3) is 5.47. The van der Waals surface area contributed by atoms with Gasteiger partial charge in [0.05, 0.1) is 0 Å². The van der Waals surface area contributed by atoms with Gasteiger partial charge in [-0.1, -0.05) is 6.07 Å². The number of hydrogen-bond acceptors (Lipinski definition) is 5. The molecule has 0 atom stereocenters. The number of halogens is 2. The molecule has 8 nitrogen and oxygen atoms in total. The van der Waals surface area contributed by atoms with Gasteiger partial charge in [-0.15, -0.1) is 0 Å². The molecule has 1 aromatic carbocycles. The van der Waals surface area contributed by atoms with Crippen molar-refractivity contribution < 1.29 is 22.0 Å². The molecule has 34 heavy (non-hydrogen) atoms. The Morgan fingerprint density at radius 2 is 1.76 bits per heavy atom. The maximum absolute atomic E-state index is 13.4. The van der Waals surface area contributed by atoms with E-state index in [4.69, 9.17) is 0 Å². The Morgan fingerprint density at radius 3 is 2.35 bits per heavy atom. The van der Waals surface area contributed by atoms with Crippen LogP contribution in [0.5, 0.6) is 0 Å². The van der Waals surface area contributed by atoms with Crippen molar-refractivity contribution in [3.8, 4) is 0 Å². The standard InChI is InChI=1S/C23H31F2N5O3S/c1-16-26-22(15-28(16)2)34(32,33)30-11-5-18(6-12-30)23(31)27-19-7-9-29(10-8-19)14-17-3-4-20(24)21(25)13-17/h3-4,13,15,18-19H,5-12,14H2,1-2H3,(H,27,31). The maximum Gasteiger partial charge on any atom is 0.262 e. The van der Waals surface area contributed by atoms with E-state index < -0.39 is 21.7 Å². The lowest BCUT2D eigenvalue weighted by Gasteiger charge is -2.34. The first kappa shape index (κ1) is 24.7. The molecule has 0 radical (unpaired) electrons. The van der Waals surface area contributed by atoms with Crippen molar-refractivity contribution in [1.82, 2.24) is 24.1 Å². The fourth-order valence-corrected chi connectivity index (χ4v) is 6.09. The highest BCUT2D eigenvalue weighted by molar-refractivity contribution is 7.89. The van der Waals surface area contributed by atoms with Crippen molar-refractivity contribution in [2.75, 3.05) is 26.2 Å². The molecule has 1 N–H and O–H groups in total. The van der Waals surface area contributed by atoms with E-state index in [9.17, 15) is 22.0 Å². The summed E-state index contributed by atoms with van der Waals surface area (Å²) in [5.74, 6) is -1.29. The summed E-state index contributed by atoms with van der Waals surface area (Å²) in [5.41, 5.74) is 0.726. The van der Waals surface area contributed by atoms with E-state index in [0.717, 1.165) is 37.6 Å². The number of amides is 1. The van der Waals surface area contributed by atoms with Gasteiger partial charge >= 0.3 is 0 Å². The second-order valence-electron chi connectivity index (χ2n) is 9.22. The number of nitrogens with zero attached hydrogens (tertiary/aromatic N) is 4. The molecule has 2 aliphatic heterocycles. The third-order valence-corrected chi connectivity index (χ3v) is 8.61. The molecular weight excluding hydrogens is 464 g/mol. The van der Waals surface area contributed by atoms with Gasteiger partial charge in [0, 0.05) is 57.9 Å². The number of nitrogens with one attached hydrogen (secondary N) is 1. The van der Waals surface area contributed by atoms with Gasteiger partial charge in [-0.2, -0.15) is 4.31 Å². The smallest absolute Gasteiger partial charge is 0.262 e. The van der Waals surface area contributed by atoms with Crippen LogP contribution in [0.15, 0.2) is 29.4 Å². The average Bonchev–Trinajstić information content (AvgIpc) is 3.16. The number of imidazole rings is 1. The molecule has 0 saturated carbocycles. The number of sulfonamides is 1. The largest absolute Gasteiger partial charge is 0.353 e. The summed E-state index contributed by atoms with van der Waals surface area (Å²) in [4.78, 5) is 19.1. The van der Waals surface area contributed by atoms with Crippen molar-refractivity contribution in [3.63, 3.8) is 0 Å². The molecule has 11 heteroatoms. The lowest BCUT2D eigenvalue weighted by molar-refractivity contribution is -0.127. The third-order valence-electron chi connectivity index (χ3n) is 6.84. The molecule has 0 aliphatic carbocycles. The zero-order chi connectivity index (χ0) is 24.5. The van der Waals surface area contributed by atoms with Gasteiger partial charge in [-0.05, 0) is 50.3 Å². The van der Waals surface area contributed by atoms with E-state index in [-0.39, 0.29) is 22.9 Å². The van der Waals surface area contributed by atoms with Crippen LogP contribution in [0.1, 0.15) is 37.1 Å². The number of likely N-dealkylation sites (tertiary alicyclic amines) is 1. The molecule has 0 bridgehead atoms. The van der Waals surface area contributed by atoms with Gasteiger partial charge in [0.1, 0.15) is 5.82 Å². The summed E-state index contributed by atoms with van der Waals surface area (Å²) < 4.78 is 55.3. The van der Waals surface area contributed by atoms with Crippen molar-refractivity contribution >= 4 is 15.9 Å². The minimum absolute atomic E-state index is 0.0233. The van der Waals surface area contributed by atoms with Crippen LogP contribution in [0.2, 0.25) is 0 Å². The highest BCUT2D eigenvalue weighted by atomic mass is 32.2. The number of aryl methyl sites for hydroxylation is 2. The van der Waals surface area contributed by atoms with Gasteiger partial charge in [-0.3, -0.25) is 9.69 Å². The predicted octanol–water partition coefficient (Wildman–Crippen LogP) is 2.19. The summed E-state index contributed by atoms with van der Waals surface area (Å²) in [7, 11) is -1.90. The first-order chi connectivity index (χ1) is 16.1. The van der Waals surface area contributed by atoms with E-state index >= 15 is 0 Å². The summed E-state index contributed by atoms with van der Waals surface area (Å²) in [6, 6.07) is 4.02. The van der Waals surface area contributed by atoms with Crippen LogP contribution in [-0.2, 0) is 28.4 Å². The van der Waals surface area contributed by atoms with Gasteiger partial charge in [0.15, 0.2) is 16.7 Å². The quantitative estimate of drug-likeness (QED) is 0.664. The summed E-state index contributed by atoms with van der Waals surface area (Å²) in [6.07, 6.45) is 4.03. The lowest BCUT2D eigenvalue weighted by Crippen LogP contribution is -2.48. The monoisotopic (exact) mass is 495 g/mol. The molecule has 0 spiro atoms. The van der Waals surface area contributed by atoms with Crippen LogP contribution in [0.4, 0.5) is 8.78 Å². The van der Waals surface area contributed by atoms with Crippen LogP contribution in [0, 0.1) is 24.5 Å². The van der Waals surface area contributed by atoms with Crippen molar-refractivity contribution in [2.45, 2.75) is 50.2 Å². The molecule has 3 heterocycles. The summed E-state index contributed by atoms with van der Waals surface area (Å²) >= 11 is 0. The van der Waals surface area contributed by atoms with Crippen molar-refractivity contribution in [1.29, 1.82) is 0 Å². The molecule has 4 rings (SSSR count). The van der Waals surface area contributed by atoms with E-state index in [1.807, 2.05) is 0 Å². The Labute approximate surface area is 199 Å². The molecule has 0 unspecified atom stereocenters. The van der Waals surface area contributed by atoms with E-state index in [0.29, 0.717) is 38.3 Å². The minimum atomic E-state index is -3.66. The Hall–Kier alpha value is -2.37. The molecule has 1 amide bonds. The Morgan fingerprint density at radius 1 is 1.09 bits per heavy atom. The van der Waals surface area contributed by atoms with Gasteiger partial charge < -0.3 is 9.88 Å². The van der Waals surface area contributed by atoms with E-state index in [1.165, 1.54) is 16.6 Å². The van der Waals surface area contributed by atoms with E-state index in [1.54, 1.807) is 24.6 Å². The normalized spacial score (nSPS) is 19.4. The SMILES string of the molecule is Cc1nc(S(=O)(=O)N2CCC(C(=O)NC3CCN(Cc4ccc(F)c(F)c4)CC3)CC2)cn1C. The van der Waals surface area contributed by atoms with Crippen LogP contribution < -0.4 is 5.32 Å². The number of benzene rings is 1. The lowest BCUT2D eigenvalue weighted by atomic mass is 9.95. The number of piperidine rings is 2. The maximum atomic E-state index is 13.4. The Bertz CT molecular complexity index is 1120. The molecule has 2 fully saturated rings. The number of hydrogen-bond donors (Lipinski definition) is 1. The zero-order valence-corrected chi connectivity index (χ0v) is 20.3. The minimum Gasteiger partial charge on any atom is -0.353 e. The van der Waals surface area contributed by atoms with Crippen molar-refractivity contribution in [3.05, 3.63) is 47.4 Å². The number of rotatable bonds is 6. The van der Waals surface area contributed by atoms with Crippen LogP contribution >= 0.6 is 0 Å². The topological polar surface area (TPSA) is 87.5 Å². The highest BCUT2D eigenvalue weighted by Crippen LogP contribution is 2.24. The fourth-order valence-electron chi connectivity index (χ4n) is 4.59. The van der Waals surface area contributed by atoms with Crippen molar-refractivity contribution in [2.24, 2.45) is 13.0 Å². The molecule has 2 aromatic rings. The molecule has 2 saturated heterocycles. The highest BCUT2D eigenvalue weighted by Gasteiger charge is 2.34. The first-order valence-corrected chi connectivity index (χ1v) is 13.0.